The van der Waals surface area contributed by atoms with Crippen LogP contribution >= 0.6 is 0 Å². The second-order valence-electron chi connectivity index (χ2n) is 12.2. The van der Waals surface area contributed by atoms with Crippen LogP contribution in [0.15, 0.2) is 54.9 Å². The van der Waals surface area contributed by atoms with Gasteiger partial charge in [-0.25, -0.2) is 24.4 Å². The standard InChI is InChI=1S/C31H33N9O3/c1-18-12-19(6-10-26(18)42-22-7-9-25-24(14-22)36-37-38(25)5)34-29-28-23(32-17-33-29)8-11-27(35-28)39-15-20-13-21(16-39)40(20)30(41)43-31(2,3)4/h6-12,14,17,20-21H,13,15-16H2,1-5H3,(H,32,33,34). The van der Waals surface area contributed by atoms with E-state index in [0.717, 1.165) is 45.8 Å². The summed E-state index contributed by atoms with van der Waals surface area (Å²) in [5.41, 5.74) is 4.45. The predicted molar refractivity (Wildman–Crippen MR) is 163 cm³/mol. The number of amides is 1. The summed E-state index contributed by atoms with van der Waals surface area (Å²) >= 11 is 0. The van der Waals surface area contributed by atoms with E-state index in [-0.39, 0.29) is 18.2 Å². The van der Waals surface area contributed by atoms with Crippen molar-refractivity contribution in [1.82, 2.24) is 34.8 Å². The molecule has 5 aromatic rings. The van der Waals surface area contributed by atoms with Crippen LogP contribution in [0.1, 0.15) is 32.8 Å². The van der Waals surface area contributed by atoms with Crippen molar-refractivity contribution in [3.8, 4) is 11.5 Å². The highest BCUT2D eigenvalue weighted by Crippen LogP contribution is 2.36. The summed E-state index contributed by atoms with van der Waals surface area (Å²) in [6.07, 6.45) is 2.28. The van der Waals surface area contributed by atoms with Gasteiger partial charge >= 0.3 is 6.09 Å². The molecular weight excluding hydrogens is 546 g/mol. The smallest absolute Gasteiger partial charge is 0.410 e. The minimum Gasteiger partial charge on any atom is -0.457 e. The van der Waals surface area contributed by atoms with E-state index in [1.54, 1.807) is 4.68 Å². The number of nitrogens with one attached hydrogen (secondary N) is 1. The summed E-state index contributed by atoms with van der Waals surface area (Å²) in [7, 11) is 1.86. The SMILES string of the molecule is Cc1cc(Nc2ncnc3ccc(N4CC5CC(C4)N5C(=O)OC(C)(C)C)nc23)ccc1Oc1ccc2c(c1)nnn2C. The quantitative estimate of drug-likeness (QED) is 0.291. The number of carbonyl (C=O) groups is 1. The number of ether oxygens (including phenoxy) is 2. The number of pyridine rings is 1. The van der Waals surface area contributed by atoms with Gasteiger partial charge in [-0.1, -0.05) is 5.21 Å². The van der Waals surface area contributed by atoms with E-state index in [1.807, 2.05) is 88.2 Å². The third-order valence-corrected chi connectivity index (χ3v) is 7.84. The van der Waals surface area contributed by atoms with E-state index >= 15 is 0 Å². The average Bonchev–Trinajstić information content (AvgIpc) is 3.33. The highest BCUT2D eigenvalue weighted by atomic mass is 16.6. The number of piperidine rings is 1. The van der Waals surface area contributed by atoms with Crippen LogP contribution in [0.3, 0.4) is 0 Å². The van der Waals surface area contributed by atoms with E-state index in [4.69, 9.17) is 14.5 Å². The van der Waals surface area contributed by atoms with Crippen molar-refractivity contribution >= 4 is 45.5 Å². The number of piperazine rings is 1. The van der Waals surface area contributed by atoms with Crippen molar-refractivity contribution in [1.29, 1.82) is 0 Å². The Morgan fingerprint density at radius 2 is 1.81 bits per heavy atom. The van der Waals surface area contributed by atoms with E-state index in [9.17, 15) is 4.79 Å². The molecule has 220 valence electrons. The number of aromatic nitrogens is 6. The van der Waals surface area contributed by atoms with Crippen LogP contribution in [-0.2, 0) is 11.8 Å². The van der Waals surface area contributed by atoms with Gasteiger partial charge in [-0.05, 0) is 82.1 Å². The second-order valence-corrected chi connectivity index (χ2v) is 12.2. The second kappa shape index (κ2) is 10.1. The Bertz CT molecular complexity index is 1850. The molecule has 2 atom stereocenters. The number of benzene rings is 2. The van der Waals surface area contributed by atoms with E-state index < -0.39 is 5.60 Å². The topological polar surface area (TPSA) is 123 Å². The van der Waals surface area contributed by atoms with Gasteiger partial charge in [0, 0.05) is 31.9 Å². The molecule has 3 aromatic heterocycles. The van der Waals surface area contributed by atoms with Crippen LogP contribution < -0.4 is 15.0 Å². The maximum Gasteiger partial charge on any atom is 0.410 e. The van der Waals surface area contributed by atoms with Gasteiger partial charge in [0.05, 0.1) is 23.1 Å². The molecule has 0 aliphatic carbocycles. The number of aryl methyl sites for hydroxylation is 2. The summed E-state index contributed by atoms with van der Waals surface area (Å²) in [6, 6.07) is 15.8. The van der Waals surface area contributed by atoms with Gasteiger partial charge in [-0.3, -0.25) is 4.90 Å². The predicted octanol–water partition coefficient (Wildman–Crippen LogP) is 5.35. The van der Waals surface area contributed by atoms with Crippen LogP contribution in [0.5, 0.6) is 11.5 Å². The van der Waals surface area contributed by atoms with Crippen LogP contribution in [-0.4, -0.2) is 71.7 Å². The number of nitrogens with zero attached hydrogens (tertiary/aromatic N) is 8. The van der Waals surface area contributed by atoms with Gasteiger partial charge in [0.15, 0.2) is 5.82 Å². The maximum absolute atomic E-state index is 12.7. The third kappa shape index (κ3) is 5.13. The van der Waals surface area contributed by atoms with Crippen LogP contribution in [0.2, 0.25) is 0 Å². The third-order valence-electron chi connectivity index (χ3n) is 7.84. The highest BCUT2D eigenvalue weighted by molar-refractivity contribution is 5.88. The van der Waals surface area contributed by atoms with Crippen molar-refractivity contribution in [3.05, 3.63) is 60.4 Å². The van der Waals surface area contributed by atoms with E-state index in [2.05, 4.69) is 30.5 Å². The first-order chi connectivity index (χ1) is 20.6. The van der Waals surface area contributed by atoms with Gasteiger partial charge in [0.2, 0.25) is 0 Å². The Morgan fingerprint density at radius 1 is 1.00 bits per heavy atom. The van der Waals surface area contributed by atoms with Crippen LogP contribution in [0, 0.1) is 6.92 Å². The molecule has 0 saturated carbocycles. The normalized spacial score (nSPS) is 18.1. The lowest BCUT2D eigenvalue weighted by atomic mass is 9.88. The Balaban J connectivity index is 1.08. The van der Waals surface area contributed by atoms with Crippen molar-refractivity contribution in [2.24, 2.45) is 7.05 Å². The summed E-state index contributed by atoms with van der Waals surface area (Å²) in [5, 5.41) is 11.6. The first-order valence-electron chi connectivity index (χ1n) is 14.3. The van der Waals surface area contributed by atoms with Gasteiger partial charge in [-0.15, -0.1) is 5.10 Å². The maximum atomic E-state index is 12.7. The molecule has 8 rings (SSSR count). The zero-order chi connectivity index (χ0) is 29.9. The van der Waals surface area contributed by atoms with Crippen LogP contribution in [0.25, 0.3) is 22.1 Å². The lowest BCUT2D eigenvalue weighted by molar-refractivity contribution is -0.0380. The molecule has 3 fully saturated rings. The van der Waals surface area contributed by atoms with Crippen molar-refractivity contribution in [2.75, 3.05) is 23.3 Å². The molecule has 3 aliphatic rings. The zero-order valence-electron chi connectivity index (χ0n) is 24.8. The molecule has 2 aromatic carbocycles. The molecule has 0 spiro atoms. The van der Waals surface area contributed by atoms with Crippen LogP contribution in [0.4, 0.5) is 22.1 Å². The largest absolute Gasteiger partial charge is 0.457 e. The molecule has 3 saturated heterocycles. The van der Waals surface area contributed by atoms with Gasteiger partial charge in [0.25, 0.3) is 0 Å². The summed E-state index contributed by atoms with van der Waals surface area (Å²) in [4.78, 5) is 30.7. The first-order valence-corrected chi connectivity index (χ1v) is 14.3. The Kier molecular flexibility index (Phi) is 6.29. The molecule has 3 aliphatic heterocycles. The fourth-order valence-electron chi connectivity index (χ4n) is 5.80. The highest BCUT2D eigenvalue weighted by Gasteiger charge is 2.49. The summed E-state index contributed by atoms with van der Waals surface area (Å²) < 4.78 is 13.5. The molecule has 1 N–H and O–H groups in total. The zero-order valence-corrected chi connectivity index (χ0v) is 24.8. The number of hydrogen-bond donors (Lipinski definition) is 1. The summed E-state index contributed by atoms with van der Waals surface area (Å²) in [5.74, 6) is 2.89. The van der Waals surface area contributed by atoms with Gasteiger partial charge in [0.1, 0.15) is 40.3 Å². The molecular formula is C31H33N9O3. The fourth-order valence-corrected chi connectivity index (χ4v) is 5.80. The molecule has 2 unspecified atom stereocenters. The number of hydrogen-bond acceptors (Lipinski definition) is 10. The van der Waals surface area contributed by atoms with Gasteiger partial charge < -0.3 is 19.7 Å². The Hall–Kier alpha value is -5.00. The van der Waals surface area contributed by atoms with Crippen molar-refractivity contribution in [3.63, 3.8) is 0 Å². The molecule has 12 nitrogen and oxygen atoms in total. The Labute approximate surface area is 248 Å². The minimum atomic E-state index is -0.511. The van der Waals surface area contributed by atoms with E-state index in [0.29, 0.717) is 30.2 Å². The lowest BCUT2D eigenvalue weighted by Gasteiger charge is -2.56. The molecule has 2 bridgehead atoms. The molecule has 0 radical (unpaired) electrons. The van der Waals surface area contributed by atoms with Crippen molar-refractivity contribution in [2.45, 2.75) is 51.8 Å². The average molecular weight is 580 g/mol. The first kappa shape index (κ1) is 26.9. The molecule has 12 heteroatoms. The Morgan fingerprint density at radius 3 is 2.58 bits per heavy atom. The lowest BCUT2D eigenvalue weighted by Crippen LogP contribution is -2.70. The monoisotopic (exact) mass is 579 g/mol. The molecule has 43 heavy (non-hydrogen) atoms. The van der Waals surface area contributed by atoms with Crippen molar-refractivity contribution < 1.29 is 14.3 Å². The number of anilines is 3. The minimum absolute atomic E-state index is 0.113. The molecule has 6 heterocycles. The molecule has 1 amide bonds. The number of rotatable bonds is 5. The fraction of sp³-hybridized carbons (Fsp3) is 0.355. The summed E-state index contributed by atoms with van der Waals surface area (Å²) in [6.45, 7) is 9.09. The number of fused-ring (bicyclic) bond motifs is 4. The number of carbonyl (C=O) groups excluding carboxylic acids is 1. The van der Waals surface area contributed by atoms with Gasteiger partial charge in [-0.2, -0.15) is 0 Å². The van der Waals surface area contributed by atoms with E-state index in [1.165, 1.54) is 6.33 Å².